The molecule has 0 aliphatic heterocycles. The molecule has 0 saturated heterocycles. The van der Waals surface area contributed by atoms with Crippen LogP contribution in [0.5, 0.6) is 0 Å². The van der Waals surface area contributed by atoms with Crippen molar-refractivity contribution in [2.45, 2.75) is 51.1 Å². The number of carbonyl (C=O) groups is 2. The molecule has 0 spiro atoms. The Kier molecular flexibility index (Phi) is 12.4. The molecule has 0 bridgehead atoms. The number of nitrogens with zero attached hydrogens (tertiary/aromatic N) is 1. The van der Waals surface area contributed by atoms with E-state index in [4.69, 9.17) is 10.5 Å². The Hall–Kier alpha value is -3.89. The van der Waals surface area contributed by atoms with Crippen molar-refractivity contribution in [2.75, 3.05) is 25.9 Å². The van der Waals surface area contributed by atoms with Gasteiger partial charge in [-0.1, -0.05) is 81.9 Å². The number of amides is 2. The van der Waals surface area contributed by atoms with E-state index >= 15 is 0 Å². The molecular weight excluding hydrogens is 540 g/mol. The molecule has 0 aromatic heterocycles. The van der Waals surface area contributed by atoms with Crippen molar-refractivity contribution in [1.29, 1.82) is 0 Å². The average molecular weight is 583 g/mol. The third-order valence-corrected chi connectivity index (χ3v) is 8.48. The number of carbonyl (C=O) groups excluding carboxylic acids is 2. The van der Waals surface area contributed by atoms with Gasteiger partial charge in [-0.05, 0) is 48.2 Å². The summed E-state index contributed by atoms with van der Waals surface area (Å²) >= 11 is 0. The van der Waals surface area contributed by atoms with E-state index in [0.29, 0.717) is 5.69 Å². The van der Waals surface area contributed by atoms with Gasteiger partial charge < -0.3 is 21.1 Å². The van der Waals surface area contributed by atoms with E-state index in [2.05, 4.69) is 10.6 Å². The van der Waals surface area contributed by atoms with E-state index in [0.717, 1.165) is 11.1 Å². The molecule has 41 heavy (non-hydrogen) atoms. The summed E-state index contributed by atoms with van der Waals surface area (Å²) in [6, 6.07) is 23.2. The zero-order valence-electron chi connectivity index (χ0n) is 23.3. The molecule has 0 heterocycles. The molecule has 2 amide bonds. The highest BCUT2D eigenvalue weighted by molar-refractivity contribution is 7.89. The number of benzene rings is 3. The smallest absolute Gasteiger partial charge is 0.407 e. The van der Waals surface area contributed by atoms with Gasteiger partial charge in [-0.3, -0.25) is 4.79 Å². The summed E-state index contributed by atoms with van der Waals surface area (Å²) in [6.07, 6.45) is -0.752. The predicted octanol–water partition coefficient (Wildman–Crippen LogP) is 4.61. The minimum Gasteiger partial charge on any atom is -0.453 e. The fraction of sp³-hybridized carbons (Fsp3) is 0.355. The third kappa shape index (κ3) is 8.80. The molecule has 0 aliphatic rings. The minimum atomic E-state index is -3.87. The average Bonchev–Trinajstić information content (AvgIpc) is 2.95. The molecule has 0 fully saturated rings. The quantitative estimate of drug-likeness (QED) is 0.267. The number of ether oxygens (including phenoxy) is 1. The monoisotopic (exact) mass is 582 g/mol. The predicted molar refractivity (Wildman–Crippen MR) is 163 cm³/mol. The molecule has 10 heteroatoms. The number of hydrogen-bond acceptors (Lipinski definition) is 6. The second-order valence-corrected chi connectivity index (χ2v) is 11.9. The van der Waals surface area contributed by atoms with E-state index in [1.54, 1.807) is 19.1 Å². The number of sulfonamides is 1. The first-order chi connectivity index (χ1) is 19.0. The summed E-state index contributed by atoms with van der Waals surface area (Å²) in [6.45, 7) is 5.88. The van der Waals surface area contributed by atoms with Crippen LogP contribution in [0, 0.1) is 5.92 Å². The summed E-state index contributed by atoms with van der Waals surface area (Å²) < 4.78 is 33.3. The van der Waals surface area contributed by atoms with Crippen LogP contribution in [0.2, 0.25) is 0 Å². The van der Waals surface area contributed by atoms with Crippen molar-refractivity contribution >= 4 is 27.7 Å². The number of anilines is 1. The first kappa shape index (κ1) is 33.3. The second kappa shape index (κ2) is 15.2. The standard InChI is InChI=1S/C30H38N4O5S.CH4/c1-21(2)20-34(40(37,38)26-17-15-25(31)16-18-26)22(3)19-32-29(35)28(33-30(36)39-4)27(23-11-7-5-8-12-23)24-13-9-6-10-14-24;/h5-18,21-22,27-28H,19-20,31H2,1-4H3,(H,32,35)(H,33,36);1H4. The van der Waals surface area contributed by atoms with Gasteiger partial charge in [-0.25, -0.2) is 13.2 Å². The number of nitrogens with one attached hydrogen (secondary N) is 2. The van der Waals surface area contributed by atoms with Gasteiger partial charge in [0, 0.05) is 30.7 Å². The van der Waals surface area contributed by atoms with Crippen molar-refractivity contribution in [3.8, 4) is 0 Å². The fourth-order valence-electron chi connectivity index (χ4n) is 4.49. The maximum absolute atomic E-state index is 13.7. The number of rotatable bonds is 12. The molecule has 4 N–H and O–H groups in total. The Balaban J connectivity index is 0.00000588. The molecule has 2 atom stereocenters. The lowest BCUT2D eigenvalue weighted by Crippen LogP contribution is -2.53. The van der Waals surface area contributed by atoms with Gasteiger partial charge >= 0.3 is 6.09 Å². The van der Waals surface area contributed by atoms with Crippen LogP contribution in [0.4, 0.5) is 10.5 Å². The van der Waals surface area contributed by atoms with Gasteiger partial charge in [0.25, 0.3) is 0 Å². The van der Waals surface area contributed by atoms with Crippen LogP contribution in [0.3, 0.4) is 0 Å². The molecule has 9 nitrogen and oxygen atoms in total. The van der Waals surface area contributed by atoms with E-state index in [9.17, 15) is 18.0 Å². The second-order valence-electron chi connectivity index (χ2n) is 10.0. The molecule has 0 radical (unpaired) electrons. The van der Waals surface area contributed by atoms with Crippen LogP contribution >= 0.6 is 0 Å². The summed E-state index contributed by atoms with van der Waals surface area (Å²) in [5, 5.41) is 5.58. The van der Waals surface area contributed by atoms with Crippen LogP contribution in [0.1, 0.15) is 45.2 Å². The normalized spacial score (nSPS) is 12.9. The largest absolute Gasteiger partial charge is 0.453 e. The number of hydrogen-bond donors (Lipinski definition) is 3. The van der Waals surface area contributed by atoms with Crippen LogP contribution in [-0.4, -0.2) is 57.0 Å². The topological polar surface area (TPSA) is 131 Å². The molecule has 2 unspecified atom stereocenters. The van der Waals surface area contributed by atoms with Gasteiger partial charge in [0.15, 0.2) is 0 Å². The van der Waals surface area contributed by atoms with Crippen LogP contribution in [0.15, 0.2) is 89.8 Å². The molecule has 3 aromatic rings. The summed E-state index contributed by atoms with van der Waals surface area (Å²) in [5.41, 5.74) is 7.87. The summed E-state index contributed by atoms with van der Waals surface area (Å²) in [7, 11) is -2.63. The van der Waals surface area contributed by atoms with Gasteiger partial charge in [-0.15, -0.1) is 0 Å². The first-order valence-electron chi connectivity index (χ1n) is 13.1. The summed E-state index contributed by atoms with van der Waals surface area (Å²) in [5.74, 6) is -0.956. The van der Waals surface area contributed by atoms with Gasteiger partial charge in [0.05, 0.1) is 12.0 Å². The van der Waals surface area contributed by atoms with Crippen LogP contribution in [-0.2, 0) is 19.6 Å². The van der Waals surface area contributed by atoms with E-state index in [-0.39, 0.29) is 31.3 Å². The van der Waals surface area contributed by atoms with Crippen LogP contribution < -0.4 is 16.4 Å². The maximum Gasteiger partial charge on any atom is 0.407 e. The molecule has 3 aromatic carbocycles. The maximum atomic E-state index is 13.7. The lowest BCUT2D eigenvalue weighted by molar-refractivity contribution is -0.123. The van der Waals surface area contributed by atoms with Crippen molar-refractivity contribution in [1.82, 2.24) is 14.9 Å². The molecule has 0 saturated carbocycles. The number of methoxy groups -OCH3 is 1. The zero-order valence-corrected chi connectivity index (χ0v) is 24.1. The number of nitrogen functional groups attached to an aromatic ring is 1. The van der Waals surface area contributed by atoms with Crippen molar-refractivity contribution in [2.24, 2.45) is 5.92 Å². The van der Waals surface area contributed by atoms with Gasteiger partial charge in [-0.2, -0.15) is 4.31 Å². The Morgan fingerprint density at radius 3 is 1.85 bits per heavy atom. The highest BCUT2D eigenvalue weighted by Crippen LogP contribution is 2.29. The van der Waals surface area contributed by atoms with Crippen molar-refractivity contribution in [3.63, 3.8) is 0 Å². The number of alkyl carbamates (subject to hydrolysis) is 1. The van der Waals surface area contributed by atoms with E-state index in [1.165, 1.54) is 23.5 Å². The van der Waals surface area contributed by atoms with E-state index < -0.39 is 40.0 Å². The summed E-state index contributed by atoms with van der Waals surface area (Å²) in [4.78, 5) is 26.2. The fourth-order valence-corrected chi connectivity index (χ4v) is 6.29. The Morgan fingerprint density at radius 1 is 0.878 bits per heavy atom. The SMILES string of the molecule is C.COC(=O)NC(C(=O)NCC(C)N(CC(C)C)S(=O)(=O)c1ccc(N)cc1)C(c1ccccc1)c1ccccc1. The first-order valence-corrected chi connectivity index (χ1v) is 14.6. The van der Waals surface area contributed by atoms with Gasteiger partial charge in [0.2, 0.25) is 15.9 Å². The molecule has 0 aliphatic carbocycles. The Morgan fingerprint density at radius 2 is 1.39 bits per heavy atom. The van der Waals surface area contributed by atoms with E-state index in [1.807, 2.05) is 74.5 Å². The zero-order chi connectivity index (χ0) is 29.3. The molecule has 3 rings (SSSR count). The molecule has 222 valence electrons. The van der Waals surface area contributed by atoms with Gasteiger partial charge in [0.1, 0.15) is 6.04 Å². The lowest BCUT2D eigenvalue weighted by Gasteiger charge is -2.32. The Labute approximate surface area is 244 Å². The van der Waals surface area contributed by atoms with Crippen molar-refractivity contribution in [3.05, 3.63) is 96.1 Å². The minimum absolute atomic E-state index is 0. The molecular formula is C31H42N4O5S. The Bertz CT molecular complexity index is 1310. The third-order valence-electron chi connectivity index (χ3n) is 6.49. The highest BCUT2D eigenvalue weighted by atomic mass is 32.2. The number of nitrogens with two attached hydrogens (primary N) is 1. The highest BCUT2D eigenvalue weighted by Gasteiger charge is 2.34. The van der Waals surface area contributed by atoms with Crippen molar-refractivity contribution < 1.29 is 22.7 Å². The van der Waals surface area contributed by atoms with Crippen LogP contribution in [0.25, 0.3) is 0 Å². The lowest BCUT2D eigenvalue weighted by atomic mass is 9.84.